The fourth-order valence-corrected chi connectivity index (χ4v) is 10.7. The van der Waals surface area contributed by atoms with Crippen molar-refractivity contribution in [2.45, 2.75) is 26.4 Å². The van der Waals surface area contributed by atoms with Gasteiger partial charge in [0, 0.05) is 0 Å². The molecule has 0 unspecified atom stereocenters. The molecule has 5 heteroatoms. The van der Waals surface area contributed by atoms with Crippen LogP contribution in [0, 0.1) is 6.92 Å². The zero-order valence-corrected chi connectivity index (χ0v) is 15.9. The van der Waals surface area contributed by atoms with E-state index < -0.39 is 24.2 Å². The van der Waals surface area contributed by atoms with Gasteiger partial charge in [0.25, 0.3) is 0 Å². The minimum atomic E-state index is -1.47. The summed E-state index contributed by atoms with van der Waals surface area (Å²) in [5, 5.41) is 0. The summed E-state index contributed by atoms with van der Waals surface area (Å²) in [5.41, 5.74) is 1.28. The molecule has 1 aliphatic carbocycles. The molecule has 0 radical (unpaired) electrons. The van der Waals surface area contributed by atoms with Crippen LogP contribution in [-0.2, 0) is 17.5 Å². The van der Waals surface area contributed by atoms with E-state index in [1.165, 1.54) is 5.56 Å². The molecule has 1 nitrogen and oxygen atoms in total. The van der Waals surface area contributed by atoms with Crippen molar-refractivity contribution in [2.24, 2.45) is 0 Å². The zero-order valence-electron chi connectivity index (χ0n) is 11.6. The molecule has 0 heterocycles. The fourth-order valence-electron chi connectivity index (χ4n) is 1.99. The van der Waals surface area contributed by atoms with Crippen molar-refractivity contribution in [2.75, 3.05) is 0 Å². The van der Waals surface area contributed by atoms with Crippen molar-refractivity contribution < 1.29 is 20.8 Å². The second-order valence-corrected chi connectivity index (χ2v) is 17.1. The van der Waals surface area contributed by atoms with Crippen molar-refractivity contribution in [3.05, 3.63) is 51.9 Å². The molecule has 1 aromatic carbocycles. The topological polar surface area (TPSA) is 9.23 Å². The van der Waals surface area contributed by atoms with Gasteiger partial charge in [-0.3, -0.25) is 0 Å². The molecular weight excluding hydrogens is 331 g/mol. The van der Waals surface area contributed by atoms with Crippen LogP contribution in [0.4, 0.5) is 0 Å². The predicted octanol–water partition coefficient (Wildman–Crippen LogP) is 4.58. The van der Waals surface area contributed by atoms with Gasteiger partial charge in [0.15, 0.2) is 0 Å². The van der Waals surface area contributed by atoms with Gasteiger partial charge in [-0.15, -0.1) is 24.8 Å². The molecule has 0 amide bonds. The van der Waals surface area contributed by atoms with Gasteiger partial charge in [-0.25, -0.2) is 0 Å². The van der Waals surface area contributed by atoms with E-state index in [1.54, 1.807) is 3.88 Å². The Morgan fingerprint density at radius 1 is 1.21 bits per heavy atom. The molecule has 0 saturated carbocycles. The Hall–Kier alpha value is 0.0112. The molecule has 0 atom stereocenters. The van der Waals surface area contributed by atoms with Crippen molar-refractivity contribution in [3.63, 3.8) is 0 Å². The Morgan fingerprint density at radius 2 is 1.95 bits per heavy atom. The second-order valence-electron chi connectivity index (χ2n) is 4.76. The molecule has 19 heavy (non-hydrogen) atoms. The summed E-state index contributed by atoms with van der Waals surface area (Å²) >= 11 is -1.47. The molecular formula is C14H21Cl2OSiTi. The van der Waals surface area contributed by atoms with Crippen LogP contribution in [-0.4, -0.2) is 6.66 Å². The molecule has 1 aromatic rings. The maximum atomic E-state index is 6.36. The first-order valence-corrected chi connectivity index (χ1v) is 13.1. The summed E-state index contributed by atoms with van der Waals surface area (Å²) in [4.78, 5) is 0. The summed E-state index contributed by atoms with van der Waals surface area (Å²) in [5.74, 6) is 1.08. The van der Waals surface area contributed by atoms with Gasteiger partial charge in [0.2, 0.25) is 0 Å². The van der Waals surface area contributed by atoms with Crippen LogP contribution >= 0.6 is 24.8 Å². The third-order valence-corrected chi connectivity index (χ3v) is 13.1. The summed E-state index contributed by atoms with van der Waals surface area (Å²) in [7, 11) is 0. The van der Waals surface area contributed by atoms with Crippen LogP contribution in [0.25, 0.3) is 0 Å². The van der Waals surface area contributed by atoms with E-state index in [1.807, 2.05) is 0 Å². The number of rotatable bonds is 4. The number of halogens is 2. The van der Waals surface area contributed by atoms with E-state index in [0.29, 0.717) is 0 Å². The standard InChI is InChI=1S/C7H8O.C5H5.C2H7Si.2ClH.Ti/c1-6-3-2-4-7(8)5-6;1-2-4-5-3-1;1-3-2;;;/h2-5,8H,1H3;1-3H,4H2;3H,1-2H3;2*1H;/q;;;;;+1/p-1. The molecule has 0 N–H and O–H groups in total. The van der Waals surface area contributed by atoms with E-state index in [9.17, 15) is 0 Å². The molecule has 0 aromatic heterocycles. The number of aryl methyl sites for hydroxylation is 1. The number of allylic oxidation sites excluding steroid dienone is 4. The van der Waals surface area contributed by atoms with E-state index in [2.05, 4.69) is 62.5 Å². The fraction of sp³-hybridized carbons (Fsp3) is 0.286. The molecule has 1 aliphatic rings. The minimum Gasteiger partial charge on any atom is -0.147 e. The second kappa shape index (κ2) is 9.04. The minimum absolute atomic E-state index is 0. The van der Waals surface area contributed by atoms with Gasteiger partial charge < -0.3 is 0 Å². The van der Waals surface area contributed by atoms with Gasteiger partial charge in [-0.05, 0) is 0 Å². The van der Waals surface area contributed by atoms with Crippen LogP contribution in [0.1, 0.15) is 12.0 Å². The van der Waals surface area contributed by atoms with Gasteiger partial charge in [-0.2, -0.15) is 0 Å². The normalized spacial score (nSPS) is 12.5. The van der Waals surface area contributed by atoms with Crippen LogP contribution < -0.4 is 3.32 Å². The molecule has 0 spiro atoms. The summed E-state index contributed by atoms with van der Waals surface area (Å²) in [6, 6.07) is 8.46. The van der Waals surface area contributed by atoms with Crippen molar-refractivity contribution in [1.29, 1.82) is 0 Å². The van der Waals surface area contributed by atoms with Crippen molar-refractivity contribution in [3.8, 4) is 5.75 Å². The van der Waals surface area contributed by atoms with Crippen molar-refractivity contribution in [1.82, 2.24) is 0 Å². The van der Waals surface area contributed by atoms with Gasteiger partial charge in [0.05, 0.1) is 0 Å². The zero-order chi connectivity index (χ0) is 12.3. The monoisotopic (exact) mass is 351 g/mol. The quantitative estimate of drug-likeness (QED) is 0.721. The summed E-state index contributed by atoms with van der Waals surface area (Å²) in [6.45, 7) is 6.27. The Kier molecular flexibility index (Phi) is 9.05. The van der Waals surface area contributed by atoms with Gasteiger partial charge in [-0.1, -0.05) is 0 Å². The first-order valence-electron chi connectivity index (χ1n) is 6.14. The molecule has 0 bridgehead atoms. The molecule has 0 saturated heterocycles. The third kappa shape index (κ3) is 5.49. The number of hydrogen-bond donors (Lipinski definition) is 0. The van der Waals surface area contributed by atoms with Gasteiger partial charge >= 0.3 is 112 Å². The largest absolute Gasteiger partial charge is 0.147 e. The van der Waals surface area contributed by atoms with E-state index in [-0.39, 0.29) is 24.8 Å². The average molecular weight is 352 g/mol. The summed E-state index contributed by atoms with van der Waals surface area (Å²) in [6.07, 6.45) is 7.85. The Balaban J connectivity index is 0.00000162. The first kappa shape index (κ1) is 19.0. The third-order valence-electron chi connectivity index (χ3n) is 2.83. The summed E-state index contributed by atoms with van der Waals surface area (Å²) < 4.78 is 7.97. The Labute approximate surface area is 136 Å². The van der Waals surface area contributed by atoms with Crippen LogP contribution in [0.5, 0.6) is 5.75 Å². The smallest absolute Gasteiger partial charge is 0.147 e. The molecule has 105 valence electrons. The maximum absolute atomic E-state index is 6.36. The number of benzene rings is 1. The van der Waals surface area contributed by atoms with E-state index in [4.69, 9.17) is 3.32 Å². The Morgan fingerprint density at radius 3 is 2.47 bits per heavy atom. The van der Waals surface area contributed by atoms with Crippen LogP contribution in [0.15, 0.2) is 46.4 Å². The average Bonchev–Trinajstić information content (AvgIpc) is 2.78. The van der Waals surface area contributed by atoms with Gasteiger partial charge in [0.1, 0.15) is 0 Å². The first-order chi connectivity index (χ1) is 8.16. The van der Waals surface area contributed by atoms with Crippen molar-refractivity contribution >= 4 is 31.5 Å². The number of hydrogen-bond acceptors (Lipinski definition) is 1. The molecule has 0 fully saturated rings. The molecule has 2 rings (SSSR count). The molecule has 0 aliphatic heterocycles. The van der Waals surface area contributed by atoms with E-state index >= 15 is 0 Å². The predicted molar refractivity (Wildman–Crippen MR) is 87.0 cm³/mol. The Bertz CT molecular complexity index is 461. The van der Waals surface area contributed by atoms with Crippen LogP contribution in [0.3, 0.4) is 0 Å². The van der Waals surface area contributed by atoms with Crippen LogP contribution in [0.2, 0.25) is 13.1 Å². The SMILES string of the molecule is Cc1cccc([O][Ti]([C]2=CC=CC2)[SiH](C)C)c1.Cl.Cl. The van der Waals surface area contributed by atoms with E-state index in [0.717, 1.165) is 12.2 Å². The maximum Gasteiger partial charge on any atom is -0.147 e.